The van der Waals surface area contributed by atoms with Crippen LogP contribution in [0.1, 0.15) is 70.0 Å². The van der Waals surface area contributed by atoms with Crippen molar-refractivity contribution in [3.8, 4) is 0 Å². The zero-order valence-electron chi connectivity index (χ0n) is 11.2. The van der Waals surface area contributed by atoms with Gasteiger partial charge in [0.1, 0.15) is 5.82 Å². The molecule has 1 aromatic rings. The Kier molecular flexibility index (Phi) is 3.83. The maximum Gasteiger partial charge on any atom is 0.202 e. The highest BCUT2D eigenvalue weighted by atomic mass is 32.1. The number of hydrogen-bond donors (Lipinski definition) is 1. The summed E-state index contributed by atoms with van der Waals surface area (Å²) in [6.07, 6.45) is 10.8. The predicted molar refractivity (Wildman–Crippen MR) is 76.2 cm³/mol. The second kappa shape index (κ2) is 5.55. The van der Waals surface area contributed by atoms with Crippen molar-refractivity contribution in [3.05, 3.63) is 5.82 Å². The van der Waals surface area contributed by atoms with Gasteiger partial charge in [-0.15, -0.1) is 0 Å². The largest absolute Gasteiger partial charge is 0.357 e. The molecule has 0 aliphatic heterocycles. The molecule has 0 saturated heterocycles. The number of hydrogen-bond acceptors (Lipinski definition) is 4. The quantitative estimate of drug-likeness (QED) is 0.867. The van der Waals surface area contributed by atoms with Crippen LogP contribution in [-0.4, -0.2) is 15.4 Å². The van der Waals surface area contributed by atoms with Gasteiger partial charge in [-0.1, -0.05) is 26.2 Å². The Bertz CT molecular complexity index is 380. The SMILES string of the molecule is CCC(Nc1nc(C2CC2)ns1)C1CCCCC1. The lowest BCUT2D eigenvalue weighted by Gasteiger charge is -2.29. The van der Waals surface area contributed by atoms with E-state index < -0.39 is 0 Å². The molecule has 3 nitrogen and oxygen atoms in total. The van der Waals surface area contributed by atoms with Crippen LogP contribution in [0.25, 0.3) is 0 Å². The van der Waals surface area contributed by atoms with E-state index >= 15 is 0 Å². The summed E-state index contributed by atoms with van der Waals surface area (Å²) in [5, 5.41) is 4.70. The first kappa shape index (κ1) is 12.4. The Labute approximate surface area is 114 Å². The van der Waals surface area contributed by atoms with Gasteiger partial charge in [-0.05, 0) is 38.0 Å². The molecule has 4 heteroatoms. The summed E-state index contributed by atoms with van der Waals surface area (Å²) in [6, 6.07) is 0.602. The van der Waals surface area contributed by atoms with Gasteiger partial charge in [-0.2, -0.15) is 4.37 Å². The van der Waals surface area contributed by atoms with Crippen molar-refractivity contribution in [2.75, 3.05) is 5.32 Å². The van der Waals surface area contributed by atoms with Crippen LogP contribution < -0.4 is 5.32 Å². The van der Waals surface area contributed by atoms with Crippen LogP contribution in [0.2, 0.25) is 0 Å². The minimum absolute atomic E-state index is 0.602. The summed E-state index contributed by atoms with van der Waals surface area (Å²) in [5.41, 5.74) is 0. The lowest BCUT2D eigenvalue weighted by Crippen LogP contribution is -2.30. The first-order chi connectivity index (χ1) is 8.86. The van der Waals surface area contributed by atoms with Crippen LogP contribution >= 0.6 is 11.5 Å². The molecule has 18 heavy (non-hydrogen) atoms. The van der Waals surface area contributed by atoms with Gasteiger partial charge in [0, 0.05) is 23.5 Å². The molecule has 1 atom stereocenters. The number of nitrogens with zero attached hydrogens (tertiary/aromatic N) is 2. The third kappa shape index (κ3) is 2.85. The van der Waals surface area contributed by atoms with Gasteiger partial charge < -0.3 is 5.32 Å². The monoisotopic (exact) mass is 265 g/mol. The third-order valence-corrected chi connectivity index (χ3v) is 5.01. The molecule has 2 fully saturated rings. The van der Waals surface area contributed by atoms with Gasteiger partial charge in [-0.3, -0.25) is 0 Å². The van der Waals surface area contributed by atoms with E-state index in [0.717, 1.165) is 16.9 Å². The van der Waals surface area contributed by atoms with Gasteiger partial charge in [-0.25, -0.2) is 4.98 Å². The molecular weight excluding hydrogens is 242 g/mol. The molecule has 2 aliphatic carbocycles. The fourth-order valence-electron chi connectivity index (χ4n) is 3.05. The Morgan fingerprint density at radius 1 is 1.22 bits per heavy atom. The molecule has 2 aliphatic rings. The van der Waals surface area contributed by atoms with Crippen LogP contribution in [0.5, 0.6) is 0 Å². The van der Waals surface area contributed by atoms with Crippen molar-refractivity contribution >= 4 is 16.7 Å². The highest BCUT2D eigenvalue weighted by Gasteiger charge is 2.28. The molecule has 1 heterocycles. The summed E-state index contributed by atoms with van der Waals surface area (Å²) in [4.78, 5) is 4.65. The molecule has 1 N–H and O–H groups in total. The molecule has 2 saturated carbocycles. The molecule has 0 spiro atoms. The third-order valence-electron chi connectivity index (χ3n) is 4.35. The van der Waals surface area contributed by atoms with Gasteiger partial charge in [0.05, 0.1) is 0 Å². The van der Waals surface area contributed by atoms with Crippen molar-refractivity contribution in [1.29, 1.82) is 0 Å². The fraction of sp³-hybridized carbons (Fsp3) is 0.857. The van der Waals surface area contributed by atoms with Crippen molar-refractivity contribution in [3.63, 3.8) is 0 Å². The van der Waals surface area contributed by atoms with E-state index in [0.29, 0.717) is 12.0 Å². The number of anilines is 1. The maximum absolute atomic E-state index is 4.65. The van der Waals surface area contributed by atoms with Gasteiger partial charge >= 0.3 is 0 Å². The Morgan fingerprint density at radius 2 is 2.00 bits per heavy atom. The standard InChI is InChI=1S/C14H23N3S/c1-2-12(10-6-4-3-5-7-10)15-14-16-13(17-18-14)11-8-9-11/h10-12H,2-9H2,1H3,(H,15,16,17). The molecule has 0 amide bonds. The molecule has 1 aromatic heterocycles. The van der Waals surface area contributed by atoms with Crippen molar-refractivity contribution in [1.82, 2.24) is 9.36 Å². The lowest BCUT2D eigenvalue weighted by molar-refractivity contribution is 0.313. The summed E-state index contributed by atoms with van der Waals surface area (Å²) >= 11 is 1.55. The number of rotatable bonds is 5. The average Bonchev–Trinajstić information content (AvgIpc) is 3.17. The second-order valence-corrected chi connectivity index (χ2v) is 6.54. The highest BCUT2D eigenvalue weighted by molar-refractivity contribution is 7.09. The van der Waals surface area contributed by atoms with Crippen LogP contribution in [0.15, 0.2) is 0 Å². The number of aromatic nitrogens is 2. The first-order valence-corrected chi connectivity index (χ1v) is 8.24. The Balaban J connectivity index is 1.60. The lowest BCUT2D eigenvalue weighted by atomic mass is 9.83. The van der Waals surface area contributed by atoms with E-state index in [1.165, 1.54) is 51.4 Å². The molecular formula is C14H23N3S. The molecule has 0 aromatic carbocycles. The van der Waals surface area contributed by atoms with Crippen molar-refractivity contribution in [2.45, 2.75) is 70.3 Å². The van der Waals surface area contributed by atoms with Crippen LogP contribution in [0.4, 0.5) is 5.13 Å². The summed E-state index contributed by atoms with van der Waals surface area (Å²) in [6.45, 7) is 2.29. The maximum atomic E-state index is 4.65. The normalized spacial score (nSPS) is 22.9. The molecule has 0 bridgehead atoms. The van der Waals surface area contributed by atoms with E-state index in [1.807, 2.05) is 0 Å². The first-order valence-electron chi connectivity index (χ1n) is 7.47. The van der Waals surface area contributed by atoms with E-state index in [1.54, 1.807) is 11.5 Å². The number of nitrogens with one attached hydrogen (secondary N) is 1. The molecule has 100 valence electrons. The fourth-order valence-corrected chi connectivity index (χ4v) is 3.76. The van der Waals surface area contributed by atoms with E-state index in [-0.39, 0.29) is 0 Å². The van der Waals surface area contributed by atoms with E-state index in [9.17, 15) is 0 Å². The predicted octanol–water partition coefficient (Wildman–Crippen LogP) is 4.19. The van der Waals surface area contributed by atoms with Crippen LogP contribution in [-0.2, 0) is 0 Å². The van der Waals surface area contributed by atoms with Crippen LogP contribution in [0.3, 0.4) is 0 Å². The van der Waals surface area contributed by atoms with Gasteiger partial charge in [0.15, 0.2) is 0 Å². The second-order valence-electron chi connectivity index (χ2n) is 5.79. The topological polar surface area (TPSA) is 37.8 Å². The minimum atomic E-state index is 0.602. The minimum Gasteiger partial charge on any atom is -0.357 e. The van der Waals surface area contributed by atoms with E-state index in [2.05, 4.69) is 21.6 Å². The summed E-state index contributed by atoms with van der Waals surface area (Å²) < 4.78 is 4.48. The van der Waals surface area contributed by atoms with Gasteiger partial charge in [0.2, 0.25) is 5.13 Å². The molecule has 1 unspecified atom stereocenters. The average molecular weight is 265 g/mol. The summed E-state index contributed by atoms with van der Waals surface area (Å²) in [7, 11) is 0. The highest BCUT2D eigenvalue weighted by Crippen LogP contribution is 2.39. The van der Waals surface area contributed by atoms with Crippen molar-refractivity contribution in [2.24, 2.45) is 5.92 Å². The summed E-state index contributed by atoms with van der Waals surface area (Å²) in [5.74, 6) is 2.60. The van der Waals surface area contributed by atoms with Gasteiger partial charge in [0.25, 0.3) is 0 Å². The smallest absolute Gasteiger partial charge is 0.202 e. The Morgan fingerprint density at radius 3 is 2.67 bits per heavy atom. The molecule has 0 radical (unpaired) electrons. The zero-order valence-corrected chi connectivity index (χ0v) is 12.0. The zero-order chi connectivity index (χ0) is 12.4. The van der Waals surface area contributed by atoms with Crippen molar-refractivity contribution < 1.29 is 0 Å². The Hall–Kier alpha value is -0.640. The van der Waals surface area contributed by atoms with Crippen LogP contribution in [0, 0.1) is 5.92 Å². The van der Waals surface area contributed by atoms with E-state index in [4.69, 9.17) is 0 Å². The molecule has 3 rings (SSSR count).